The van der Waals surface area contributed by atoms with Crippen LogP contribution in [-0.4, -0.2) is 21.1 Å². The molecule has 1 saturated carbocycles. The van der Waals surface area contributed by atoms with Crippen molar-refractivity contribution < 1.29 is 25.2 Å². The van der Waals surface area contributed by atoms with Crippen molar-refractivity contribution in [3.8, 4) is 17.1 Å². The van der Waals surface area contributed by atoms with Crippen LogP contribution in [0.4, 0.5) is 5.82 Å². The fourth-order valence-corrected chi connectivity index (χ4v) is 20.6. The van der Waals surface area contributed by atoms with Gasteiger partial charge in [-0.3, -0.25) is 0 Å². The van der Waals surface area contributed by atoms with E-state index in [1.807, 2.05) is 19.1 Å². The van der Waals surface area contributed by atoms with E-state index < -0.39 is 31.7 Å². The predicted octanol–water partition coefficient (Wildman–Crippen LogP) is 16.9. The predicted molar refractivity (Wildman–Crippen MR) is 423 cm³/mol. The summed E-state index contributed by atoms with van der Waals surface area (Å²) in [4.78, 5) is 12.9. The summed E-state index contributed by atoms with van der Waals surface area (Å²) in [7, 11) is -1.78. The maximum Gasteiger partial charge on any atom is 0.213 e. The molecule has 2 heterocycles. The molecule has 0 bridgehead atoms. The molecule has 1 fully saturated rings. The molecule has 0 atom stereocenters. The van der Waals surface area contributed by atoms with Gasteiger partial charge in [0.1, 0.15) is 17.6 Å². The smallest absolute Gasteiger partial charge is 0.213 e. The van der Waals surface area contributed by atoms with Crippen molar-refractivity contribution in [1.82, 2.24) is 15.0 Å². The Morgan fingerprint density at radius 2 is 0.510 bits per heavy atom. The van der Waals surface area contributed by atoms with Gasteiger partial charge in [-0.15, -0.1) is 0 Å². The van der Waals surface area contributed by atoms with Gasteiger partial charge in [0.05, 0.1) is 11.9 Å². The molecule has 2 aromatic heterocycles. The van der Waals surface area contributed by atoms with Crippen LogP contribution < -0.4 is 74.1 Å². The average molecular weight is 1440 g/mol. The molecule has 98 heavy (non-hydrogen) atoms. The minimum Gasteiger partial charge on any atom is -0.474 e. The summed E-state index contributed by atoms with van der Waals surface area (Å²) < 4.78 is 5.92. The van der Waals surface area contributed by atoms with E-state index in [1.54, 1.807) is 12.4 Å². The summed E-state index contributed by atoms with van der Waals surface area (Å²) in [5.41, 5.74) is 8.24. The van der Waals surface area contributed by atoms with Crippen molar-refractivity contribution in [2.75, 3.05) is 5.73 Å². The number of pyridine rings is 1. The van der Waals surface area contributed by atoms with Crippen molar-refractivity contribution in [3.63, 3.8) is 0 Å². The second-order valence-corrected chi connectivity index (χ2v) is 31.8. The molecule has 10 heteroatoms. The van der Waals surface area contributed by atoms with Crippen molar-refractivity contribution in [1.29, 1.82) is 0 Å². The van der Waals surface area contributed by atoms with Gasteiger partial charge in [-0.2, -0.15) is 0 Å². The topological polar surface area (TPSA) is 73.9 Å². The fraction of sp³-hybridized carbons (Fsp3) is 0.0795. The van der Waals surface area contributed by atoms with Crippen LogP contribution in [-0.2, 0) is 20.4 Å². The van der Waals surface area contributed by atoms with E-state index in [0.717, 1.165) is 24.1 Å². The molecule has 0 spiro atoms. The summed E-state index contributed by atoms with van der Waals surface area (Å²) in [5, 5.41) is 16.8. The first kappa shape index (κ1) is 71.6. The third kappa shape index (κ3) is 21.2. The molecule has 0 amide bonds. The Balaban J connectivity index is 0.000000132. The van der Waals surface area contributed by atoms with E-state index in [9.17, 15) is 0 Å². The first-order valence-corrected chi connectivity index (χ1v) is 38.4. The summed E-state index contributed by atoms with van der Waals surface area (Å²) >= 11 is 0. The van der Waals surface area contributed by atoms with Crippen LogP contribution in [0.15, 0.2) is 389 Å². The molecule has 1 aliphatic carbocycles. The van der Waals surface area contributed by atoms with Crippen LogP contribution in [0.1, 0.15) is 37.8 Å². The quantitative estimate of drug-likeness (QED) is 0.0818. The van der Waals surface area contributed by atoms with E-state index in [-0.39, 0.29) is 20.4 Å². The Hall–Kier alpha value is -9.15. The molecule has 0 saturated heterocycles. The van der Waals surface area contributed by atoms with Crippen molar-refractivity contribution in [3.05, 3.63) is 394 Å². The monoisotopic (exact) mass is 1440 g/mol. The fourth-order valence-electron chi connectivity index (χ4n) is 11.4. The number of ether oxygens (including phenoxy) is 1. The number of aromatic nitrogens is 3. The first-order valence-electron chi connectivity index (χ1n) is 33.1. The van der Waals surface area contributed by atoms with Crippen LogP contribution >= 0.6 is 31.7 Å². The maximum atomic E-state index is 5.92. The van der Waals surface area contributed by atoms with Gasteiger partial charge in [0.2, 0.25) is 5.88 Å². The molecule has 14 aromatic rings. The standard InChI is InChI=1S/4C18H15P.C16H20N4O.Pd/c4*1-4-10-16(11-5-1)19(17-12-6-2-7-13-17)18-14-8-3-9-15-18;1-11-9-19-16(17)15(20-11)12-7-8-14(18-10-12)21-13-5-3-2-4-6-13;/h4*1-15H;7-10,13H,2-6H2,1H3,(H2,17,19);. The third-order valence-electron chi connectivity index (χ3n) is 15.9. The van der Waals surface area contributed by atoms with Crippen molar-refractivity contribution in [2.24, 2.45) is 0 Å². The number of rotatable bonds is 15. The number of aryl methyl sites for hydroxylation is 1. The number of nitrogens with two attached hydrogens (primary N) is 1. The summed E-state index contributed by atoms with van der Waals surface area (Å²) in [6.07, 6.45) is 9.78. The molecule has 5 nitrogen and oxygen atoms in total. The number of nitrogen functional groups attached to an aromatic ring is 1. The minimum absolute atomic E-state index is 0. The van der Waals surface area contributed by atoms with Gasteiger partial charge in [-0.25, -0.2) is 15.0 Å². The van der Waals surface area contributed by atoms with Crippen LogP contribution in [0.3, 0.4) is 0 Å². The maximum absolute atomic E-state index is 5.92. The SMILES string of the molecule is Cc1cnc(N)c(-c2ccc(OC3CCCCC3)nc2)n1.[Pd].c1ccc(P(c2ccccc2)c2ccccc2)cc1.c1ccc(P(c2ccccc2)c2ccccc2)cc1.c1ccc(P(c2ccccc2)c2ccccc2)cc1.c1ccc(P(c2ccccc2)c2ccccc2)cc1. The van der Waals surface area contributed by atoms with E-state index in [4.69, 9.17) is 10.5 Å². The van der Waals surface area contributed by atoms with Crippen LogP contribution in [0.5, 0.6) is 5.88 Å². The molecule has 2 N–H and O–H groups in total. The van der Waals surface area contributed by atoms with Gasteiger partial charge in [-0.1, -0.05) is 370 Å². The number of nitrogens with zero attached hydrogens (tertiary/aromatic N) is 3. The molecule has 15 rings (SSSR count). The Labute approximate surface area is 599 Å². The van der Waals surface area contributed by atoms with E-state index in [2.05, 4.69) is 379 Å². The minimum atomic E-state index is -0.446. The van der Waals surface area contributed by atoms with E-state index in [0.29, 0.717) is 23.5 Å². The average Bonchev–Trinajstić information content (AvgIpc) is 0.883. The van der Waals surface area contributed by atoms with Crippen LogP contribution in [0.2, 0.25) is 0 Å². The number of hydrogen-bond donors (Lipinski definition) is 1. The normalized spacial score (nSPS) is 11.6. The Bertz CT molecular complexity index is 3610. The first-order chi connectivity index (χ1) is 48.0. The van der Waals surface area contributed by atoms with Gasteiger partial charge < -0.3 is 10.5 Å². The second kappa shape index (κ2) is 39.3. The van der Waals surface area contributed by atoms with Gasteiger partial charge >= 0.3 is 0 Å². The molecule has 0 aliphatic heterocycles. The molecule has 0 unspecified atom stereocenters. The van der Waals surface area contributed by atoms with E-state index in [1.165, 1.54) is 82.9 Å². The number of anilines is 1. The molecule has 12 aromatic carbocycles. The zero-order valence-corrected chi connectivity index (χ0v) is 60.1. The molecule has 0 radical (unpaired) electrons. The van der Waals surface area contributed by atoms with Crippen LogP contribution in [0.25, 0.3) is 11.3 Å². The Morgan fingerprint density at radius 3 is 0.714 bits per heavy atom. The molecule has 1 aliphatic rings. The van der Waals surface area contributed by atoms with Gasteiger partial charge in [-0.05, 0) is 134 Å². The number of hydrogen-bond acceptors (Lipinski definition) is 5. The zero-order chi connectivity index (χ0) is 66.3. The molecular weight excluding hydrogens is 1360 g/mol. The molecular formula is C88H80N4OP4Pd. The summed E-state index contributed by atoms with van der Waals surface area (Å²) in [5.74, 6) is 1.09. The summed E-state index contributed by atoms with van der Waals surface area (Å²) in [6, 6.07) is 133. The van der Waals surface area contributed by atoms with E-state index >= 15 is 0 Å². The van der Waals surface area contributed by atoms with Gasteiger partial charge in [0.25, 0.3) is 0 Å². The third-order valence-corrected chi connectivity index (χ3v) is 25.7. The van der Waals surface area contributed by atoms with Gasteiger partial charge in [0, 0.05) is 38.2 Å². The number of benzene rings is 12. The van der Waals surface area contributed by atoms with Gasteiger partial charge in [0.15, 0.2) is 0 Å². The summed E-state index contributed by atoms with van der Waals surface area (Å²) in [6.45, 7) is 1.89. The van der Waals surface area contributed by atoms with Crippen molar-refractivity contribution >= 4 is 101 Å². The zero-order valence-electron chi connectivity index (χ0n) is 55.0. The van der Waals surface area contributed by atoms with Crippen LogP contribution in [0, 0.1) is 6.92 Å². The Kier molecular flexibility index (Phi) is 28.7. The largest absolute Gasteiger partial charge is 0.474 e. The molecule has 488 valence electrons. The van der Waals surface area contributed by atoms with Crippen molar-refractivity contribution in [2.45, 2.75) is 45.1 Å². The second-order valence-electron chi connectivity index (χ2n) is 22.9. The Morgan fingerprint density at radius 1 is 0.286 bits per heavy atom.